The molecule has 0 unspecified atom stereocenters. The SMILES string of the molecule is O=S(=O)(O)c1cc(O)ccc1O.[MgH2]. The monoisotopic (exact) mass is 216 g/mol. The molecule has 0 amide bonds. The van der Waals surface area contributed by atoms with Crippen LogP contribution in [0, 0.1) is 0 Å². The first-order chi connectivity index (χ1) is 5.41. The average molecular weight is 216 g/mol. The smallest absolute Gasteiger partial charge is 0.316 e. The number of phenolic OH excluding ortho intramolecular Hbond substituents is 2. The van der Waals surface area contributed by atoms with E-state index < -0.39 is 20.8 Å². The summed E-state index contributed by atoms with van der Waals surface area (Å²) in [6.45, 7) is 0. The summed E-state index contributed by atoms with van der Waals surface area (Å²) < 4.78 is 29.5. The van der Waals surface area contributed by atoms with E-state index in [1.54, 1.807) is 0 Å². The van der Waals surface area contributed by atoms with Gasteiger partial charge >= 0.3 is 23.1 Å². The molecule has 1 aromatic rings. The van der Waals surface area contributed by atoms with Crippen molar-refractivity contribution >= 4 is 33.2 Å². The van der Waals surface area contributed by atoms with Crippen molar-refractivity contribution in [3.05, 3.63) is 18.2 Å². The quantitative estimate of drug-likeness (QED) is 0.332. The molecule has 5 nitrogen and oxygen atoms in total. The van der Waals surface area contributed by atoms with Gasteiger partial charge in [-0.2, -0.15) is 8.42 Å². The van der Waals surface area contributed by atoms with Crippen LogP contribution in [0.4, 0.5) is 0 Å². The van der Waals surface area contributed by atoms with Crippen LogP contribution in [0.3, 0.4) is 0 Å². The Hall–Kier alpha value is -0.504. The number of phenols is 2. The maximum atomic E-state index is 10.5. The third-order valence-electron chi connectivity index (χ3n) is 1.22. The van der Waals surface area contributed by atoms with Gasteiger partial charge < -0.3 is 10.2 Å². The van der Waals surface area contributed by atoms with E-state index in [2.05, 4.69) is 0 Å². The summed E-state index contributed by atoms with van der Waals surface area (Å²) in [5.74, 6) is -0.948. The molecule has 3 N–H and O–H groups in total. The van der Waals surface area contributed by atoms with E-state index in [-0.39, 0.29) is 28.8 Å². The Labute approximate surface area is 90.9 Å². The van der Waals surface area contributed by atoms with Crippen LogP contribution in [0.1, 0.15) is 0 Å². The molecule has 1 aromatic carbocycles. The minimum Gasteiger partial charge on any atom is -0.508 e. The zero-order valence-electron chi connectivity index (χ0n) is 5.80. The van der Waals surface area contributed by atoms with Gasteiger partial charge in [0.05, 0.1) is 0 Å². The molecule has 0 aliphatic heterocycles. The topological polar surface area (TPSA) is 94.8 Å². The number of aromatic hydroxyl groups is 2. The van der Waals surface area contributed by atoms with E-state index in [4.69, 9.17) is 14.8 Å². The molecule has 0 atom stereocenters. The van der Waals surface area contributed by atoms with Crippen LogP contribution in [-0.2, 0) is 10.1 Å². The molecule has 0 heterocycles. The lowest BCUT2D eigenvalue weighted by Crippen LogP contribution is -1.97. The highest BCUT2D eigenvalue weighted by molar-refractivity contribution is 7.86. The molecule has 0 spiro atoms. The molecule has 13 heavy (non-hydrogen) atoms. The van der Waals surface area contributed by atoms with Gasteiger partial charge in [0, 0.05) is 6.07 Å². The van der Waals surface area contributed by atoms with Crippen LogP contribution in [0.2, 0.25) is 0 Å². The Kier molecular flexibility index (Phi) is 3.98. The van der Waals surface area contributed by atoms with Gasteiger partial charge in [0.25, 0.3) is 10.1 Å². The standard InChI is InChI=1S/C6H6O5S.Mg.2H/c7-4-1-2-5(8)6(3-4)12(9,10)11;;;/h1-3,7-8H,(H,9,10,11);;;. The van der Waals surface area contributed by atoms with Crippen molar-refractivity contribution < 1.29 is 23.2 Å². The molecule has 0 saturated heterocycles. The summed E-state index contributed by atoms with van der Waals surface area (Å²) in [4.78, 5) is -0.706. The van der Waals surface area contributed by atoms with Gasteiger partial charge in [-0.05, 0) is 12.1 Å². The second-order valence-corrected chi connectivity index (χ2v) is 3.52. The fourth-order valence-electron chi connectivity index (χ4n) is 0.709. The highest BCUT2D eigenvalue weighted by Crippen LogP contribution is 2.25. The average Bonchev–Trinajstić information content (AvgIpc) is 1.92. The summed E-state index contributed by atoms with van der Waals surface area (Å²) in [5.41, 5.74) is 0. The summed E-state index contributed by atoms with van der Waals surface area (Å²) in [7, 11) is -4.47. The number of benzene rings is 1. The molecule has 0 radical (unpaired) electrons. The summed E-state index contributed by atoms with van der Waals surface area (Å²) >= 11 is 0. The fourth-order valence-corrected chi connectivity index (χ4v) is 1.31. The molecule has 0 aliphatic rings. The maximum Gasteiger partial charge on any atom is 0.316 e. The van der Waals surface area contributed by atoms with E-state index in [1.807, 2.05) is 0 Å². The lowest BCUT2D eigenvalue weighted by molar-refractivity contribution is 0.433. The molecule has 1 rings (SSSR count). The molecular formula is C6H8MgO5S. The Morgan fingerprint density at radius 2 is 1.69 bits per heavy atom. The third-order valence-corrected chi connectivity index (χ3v) is 2.10. The Morgan fingerprint density at radius 3 is 2.08 bits per heavy atom. The summed E-state index contributed by atoms with van der Waals surface area (Å²) in [6, 6.07) is 2.83. The van der Waals surface area contributed by atoms with E-state index in [9.17, 15) is 8.42 Å². The Balaban J connectivity index is 0.00000144. The zero-order chi connectivity index (χ0) is 9.35. The first-order valence-corrected chi connectivity index (χ1v) is 4.35. The van der Waals surface area contributed by atoms with Crippen LogP contribution < -0.4 is 0 Å². The molecule has 70 valence electrons. The van der Waals surface area contributed by atoms with E-state index >= 15 is 0 Å². The van der Waals surface area contributed by atoms with Gasteiger partial charge in [0.1, 0.15) is 16.4 Å². The van der Waals surface area contributed by atoms with Crippen molar-refractivity contribution in [3.63, 3.8) is 0 Å². The van der Waals surface area contributed by atoms with Gasteiger partial charge in [0.15, 0.2) is 0 Å². The minimum absolute atomic E-state index is 0. The highest BCUT2D eigenvalue weighted by atomic mass is 32.2. The third kappa shape index (κ3) is 3.03. The van der Waals surface area contributed by atoms with Gasteiger partial charge in [-0.25, -0.2) is 0 Å². The second-order valence-electron chi connectivity index (χ2n) is 2.13. The van der Waals surface area contributed by atoms with Crippen molar-refractivity contribution in [2.45, 2.75) is 4.90 Å². The van der Waals surface area contributed by atoms with E-state index in [1.165, 1.54) is 0 Å². The van der Waals surface area contributed by atoms with Crippen molar-refractivity contribution in [2.75, 3.05) is 0 Å². The molecular weight excluding hydrogens is 208 g/mol. The van der Waals surface area contributed by atoms with Crippen LogP contribution in [0.15, 0.2) is 23.1 Å². The first kappa shape index (κ1) is 12.5. The van der Waals surface area contributed by atoms with Crippen LogP contribution >= 0.6 is 0 Å². The summed E-state index contributed by atoms with van der Waals surface area (Å²) in [5, 5.41) is 17.7. The Morgan fingerprint density at radius 1 is 1.15 bits per heavy atom. The lowest BCUT2D eigenvalue weighted by atomic mass is 10.3. The number of rotatable bonds is 1. The lowest BCUT2D eigenvalue weighted by Gasteiger charge is -2.00. The van der Waals surface area contributed by atoms with Crippen LogP contribution in [-0.4, -0.2) is 46.2 Å². The van der Waals surface area contributed by atoms with Crippen LogP contribution in [0.5, 0.6) is 11.5 Å². The van der Waals surface area contributed by atoms with Gasteiger partial charge in [-0.15, -0.1) is 0 Å². The Bertz CT molecular complexity index is 399. The molecule has 0 aliphatic carbocycles. The largest absolute Gasteiger partial charge is 0.508 e. The minimum atomic E-state index is -4.47. The second kappa shape index (κ2) is 4.14. The summed E-state index contributed by atoms with van der Waals surface area (Å²) in [6.07, 6.45) is 0. The number of hydrogen-bond donors (Lipinski definition) is 3. The van der Waals surface area contributed by atoms with Crippen molar-refractivity contribution in [1.29, 1.82) is 0 Å². The molecule has 0 fully saturated rings. The molecule has 7 heteroatoms. The maximum absolute atomic E-state index is 10.5. The molecule has 0 aromatic heterocycles. The first-order valence-electron chi connectivity index (χ1n) is 2.91. The highest BCUT2D eigenvalue weighted by Gasteiger charge is 2.15. The zero-order valence-corrected chi connectivity index (χ0v) is 6.61. The van der Waals surface area contributed by atoms with Gasteiger partial charge in [-0.3, -0.25) is 4.55 Å². The predicted octanol–water partition coefficient (Wildman–Crippen LogP) is -0.572. The van der Waals surface area contributed by atoms with Gasteiger partial charge in [-0.1, -0.05) is 0 Å². The molecule has 0 bridgehead atoms. The van der Waals surface area contributed by atoms with Crippen molar-refractivity contribution in [1.82, 2.24) is 0 Å². The normalized spacial score (nSPS) is 10.5. The van der Waals surface area contributed by atoms with Crippen molar-refractivity contribution in [3.8, 4) is 11.5 Å². The van der Waals surface area contributed by atoms with E-state index in [0.29, 0.717) is 0 Å². The fraction of sp³-hybridized carbons (Fsp3) is 0. The number of hydrogen-bond acceptors (Lipinski definition) is 4. The van der Waals surface area contributed by atoms with Gasteiger partial charge in [0.2, 0.25) is 0 Å². The van der Waals surface area contributed by atoms with E-state index in [0.717, 1.165) is 18.2 Å². The van der Waals surface area contributed by atoms with Crippen molar-refractivity contribution in [2.24, 2.45) is 0 Å². The molecule has 0 saturated carbocycles. The predicted molar refractivity (Wildman–Crippen MR) is 48.1 cm³/mol. The van der Waals surface area contributed by atoms with Crippen LogP contribution in [0.25, 0.3) is 0 Å².